The fourth-order valence-electron chi connectivity index (χ4n) is 2.21. The molecular formula is C16H31NO4S. The van der Waals surface area contributed by atoms with Crippen molar-refractivity contribution in [2.45, 2.75) is 83.4 Å². The Kier molecular flexibility index (Phi) is 11.2. The molecule has 0 aliphatic heterocycles. The molecule has 0 aliphatic rings. The number of rotatable bonds is 13. The van der Waals surface area contributed by atoms with Gasteiger partial charge >= 0.3 is 0 Å². The topological polar surface area (TPSA) is 83.5 Å². The number of nitrogens with one attached hydrogen (secondary N) is 1. The predicted molar refractivity (Wildman–Crippen MR) is 90.1 cm³/mol. The summed E-state index contributed by atoms with van der Waals surface area (Å²) < 4.78 is 31.7. The zero-order valence-corrected chi connectivity index (χ0v) is 14.8. The summed E-state index contributed by atoms with van der Waals surface area (Å²) in [6, 6.07) is 0. The lowest BCUT2D eigenvalue weighted by Gasteiger charge is -2.15. The Balaban J connectivity index is 3.91. The van der Waals surface area contributed by atoms with E-state index < -0.39 is 21.4 Å². The van der Waals surface area contributed by atoms with Gasteiger partial charge in [-0.3, -0.25) is 9.35 Å². The molecule has 0 aromatic carbocycles. The molecular weight excluding hydrogens is 302 g/mol. The molecule has 22 heavy (non-hydrogen) atoms. The van der Waals surface area contributed by atoms with Crippen molar-refractivity contribution in [3.05, 3.63) is 12.2 Å². The van der Waals surface area contributed by atoms with Crippen LogP contribution in [0.4, 0.5) is 0 Å². The van der Waals surface area contributed by atoms with Crippen LogP contribution in [-0.2, 0) is 14.9 Å². The van der Waals surface area contributed by atoms with Crippen molar-refractivity contribution in [1.82, 2.24) is 5.32 Å². The van der Waals surface area contributed by atoms with Crippen LogP contribution in [0.25, 0.3) is 0 Å². The molecule has 130 valence electrons. The minimum atomic E-state index is -4.27. The van der Waals surface area contributed by atoms with Crippen LogP contribution in [0.2, 0.25) is 0 Å². The maximum Gasteiger partial charge on any atom is 0.286 e. The molecule has 1 unspecified atom stereocenters. The molecule has 0 saturated heterocycles. The highest BCUT2D eigenvalue weighted by Gasteiger charge is 2.24. The second-order valence-electron chi connectivity index (χ2n) is 5.87. The number of carbonyl (C=O) groups excluding carboxylic acids is 1. The molecule has 0 saturated carbocycles. The third kappa shape index (κ3) is 10.8. The van der Waals surface area contributed by atoms with E-state index >= 15 is 0 Å². The molecule has 0 fully saturated rings. The van der Waals surface area contributed by atoms with E-state index in [2.05, 4.69) is 18.8 Å². The lowest BCUT2D eigenvalue weighted by atomic mass is 10.1. The molecule has 0 spiro atoms. The normalized spacial score (nSPS) is 12.9. The van der Waals surface area contributed by atoms with Gasteiger partial charge in [-0.05, 0) is 13.3 Å². The SMILES string of the molecule is C=C(C)C(=O)NC(CCCCCCCCCCC)S(=O)(=O)O. The van der Waals surface area contributed by atoms with Gasteiger partial charge in [0.05, 0.1) is 0 Å². The number of hydrogen-bond donors (Lipinski definition) is 2. The molecule has 1 atom stereocenters. The molecule has 0 aromatic heterocycles. The van der Waals surface area contributed by atoms with Crippen molar-refractivity contribution in [1.29, 1.82) is 0 Å². The predicted octanol–water partition coefficient (Wildman–Crippen LogP) is 3.81. The molecule has 0 aromatic rings. The van der Waals surface area contributed by atoms with Gasteiger partial charge < -0.3 is 5.32 Å². The number of amides is 1. The van der Waals surface area contributed by atoms with Gasteiger partial charge in [-0.1, -0.05) is 71.3 Å². The Morgan fingerprint density at radius 2 is 1.50 bits per heavy atom. The second kappa shape index (κ2) is 11.7. The summed E-state index contributed by atoms with van der Waals surface area (Å²) >= 11 is 0. The quantitative estimate of drug-likeness (QED) is 0.305. The van der Waals surface area contributed by atoms with Crippen LogP contribution in [0.5, 0.6) is 0 Å². The van der Waals surface area contributed by atoms with Crippen LogP contribution in [0.1, 0.15) is 78.1 Å². The zero-order chi connectivity index (χ0) is 17.0. The first-order valence-electron chi connectivity index (χ1n) is 8.21. The highest BCUT2D eigenvalue weighted by molar-refractivity contribution is 7.86. The van der Waals surface area contributed by atoms with Gasteiger partial charge in [0.15, 0.2) is 5.37 Å². The van der Waals surface area contributed by atoms with Crippen LogP contribution in [0.15, 0.2) is 12.2 Å². The molecule has 5 nitrogen and oxygen atoms in total. The summed E-state index contributed by atoms with van der Waals surface area (Å²) in [6.45, 7) is 7.14. The van der Waals surface area contributed by atoms with Crippen LogP contribution in [0, 0.1) is 0 Å². The summed E-state index contributed by atoms with van der Waals surface area (Å²) in [6.07, 6.45) is 10.3. The number of carbonyl (C=O) groups is 1. The fraction of sp³-hybridized carbons (Fsp3) is 0.812. The molecule has 2 N–H and O–H groups in total. The van der Waals surface area contributed by atoms with Crippen LogP contribution >= 0.6 is 0 Å². The highest BCUT2D eigenvalue weighted by Crippen LogP contribution is 2.13. The van der Waals surface area contributed by atoms with Gasteiger partial charge in [0.1, 0.15) is 0 Å². The van der Waals surface area contributed by atoms with E-state index in [1.807, 2.05) is 0 Å². The minimum Gasteiger partial charge on any atom is -0.334 e. The largest absolute Gasteiger partial charge is 0.334 e. The van der Waals surface area contributed by atoms with Crippen molar-refractivity contribution in [3.8, 4) is 0 Å². The van der Waals surface area contributed by atoms with Crippen LogP contribution in [-0.4, -0.2) is 24.3 Å². The highest BCUT2D eigenvalue weighted by atomic mass is 32.2. The van der Waals surface area contributed by atoms with Crippen molar-refractivity contribution >= 4 is 16.0 Å². The monoisotopic (exact) mass is 333 g/mol. The Hall–Kier alpha value is -0.880. The minimum absolute atomic E-state index is 0.223. The second-order valence-corrected chi connectivity index (χ2v) is 7.47. The van der Waals surface area contributed by atoms with Crippen molar-refractivity contribution in [2.75, 3.05) is 0 Å². The van der Waals surface area contributed by atoms with E-state index in [0.717, 1.165) is 19.3 Å². The van der Waals surface area contributed by atoms with Crippen LogP contribution in [0.3, 0.4) is 0 Å². The molecule has 0 heterocycles. The van der Waals surface area contributed by atoms with E-state index in [1.165, 1.54) is 39.0 Å². The van der Waals surface area contributed by atoms with E-state index in [0.29, 0.717) is 6.42 Å². The van der Waals surface area contributed by atoms with E-state index in [4.69, 9.17) is 4.55 Å². The Morgan fingerprint density at radius 3 is 1.91 bits per heavy atom. The summed E-state index contributed by atoms with van der Waals surface area (Å²) in [4.78, 5) is 11.5. The van der Waals surface area contributed by atoms with Gasteiger partial charge in [0.25, 0.3) is 10.1 Å². The smallest absolute Gasteiger partial charge is 0.286 e. The van der Waals surface area contributed by atoms with Gasteiger partial charge in [-0.2, -0.15) is 8.42 Å². The summed E-state index contributed by atoms with van der Waals surface area (Å²) in [5.41, 5.74) is 0.223. The van der Waals surface area contributed by atoms with Gasteiger partial charge in [-0.15, -0.1) is 0 Å². The summed E-state index contributed by atoms with van der Waals surface area (Å²) in [5, 5.41) is 1.07. The maximum atomic E-state index is 11.5. The third-order valence-corrected chi connectivity index (χ3v) is 4.68. The van der Waals surface area contributed by atoms with Gasteiger partial charge in [-0.25, -0.2) is 0 Å². The maximum absolute atomic E-state index is 11.5. The van der Waals surface area contributed by atoms with Crippen molar-refractivity contribution in [3.63, 3.8) is 0 Å². The molecule has 0 bridgehead atoms. The molecule has 6 heteroatoms. The molecule has 0 radical (unpaired) electrons. The molecule has 0 rings (SSSR count). The lowest BCUT2D eigenvalue weighted by molar-refractivity contribution is -0.117. The fourth-order valence-corrected chi connectivity index (χ4v) is 2.93. The first kappa shape index (κ1) is 21.1. The van der Waals surface area contributed by atoms with Gasteiger partial charge in [0, 0.05) is 5.57 Å². The Labute approximate surface area is 135 Å². The van der Waals surface area contributed by atoms with E-state index in [-0.39, 0.29) is 12.0 Å². The first-order valence-corrected chi connectivity index (χ1v) is 9.72. The number of unbranched alkanes of at least 4 members (excludes halogenated alkanes) is 8. The van der Waals surface area contributed by atoms with Gasteiger partial charge in [0.2, 0.25) is 5.91 Å². The van der Waals surface area contributed by atoms with Crippen molar-refractivity contribution in [2.24, 2.45) is 0 Å². The van der Waals surface area contributed by atoms with Crippen molar-refractivity contribution < 1.29 is 17.8 Å². The molecule has 1 amide bonds. The van der Waals surface area contributed by atoms with E-state index in [9.17, 15) is 13.2 Å². The average molecular weight is 333 g/mol. The zero-order valence-electron chi connectivity index (χ0n) is 13.9. The Morgan fingerprint density at radius 1 is 1.05 bits per heavy atom. The average Bonchev–Trinajstić information content (AvgIpc) is 2.42. The van der Waals surface area contributed by atoms with Crippen LogP contribution < -0.4 is 5.32 Å². The summed E-state index contributed by atoms with van der Waals surface area (Å²) in [7, 11) is -4.27. The third-order valence-electron chi connectivity index (χ3n) is 3.61. The molecule has 0 aliphatic carbocycles. The standard InChI is InChI=1S/C16H31NO4S/c1-4-5-6-7-8-9-10-11-12-13-15(22(19,20)21)17-16(18)14(2)3/h15H,2,4-13H2,1,3H3,(H,17,18)(H,19,20,21). The lowest BCUT2D eigenvalue weighted by Crippen LogP contribution is -2.40. The first-order chi connectivity index (χ1) is 10.3. The van der Waals surface area contributed by atoms with E-state index in [1.54, 1.807) is 0 Å². The Bertz CT molecular complexity index is 431. The summed E-state index contributed by atoms with van der Waals surface area (Å²) in [5.74, 6) is -0.543. The number of hydrogen-bond acceptors (Lipinski definition) is 3.